The first kappa shape index (κ1) is 22.7. The third-order valence-corrected chi connectivity index (χ3v) is 7.36. The van der Waals surface area contributed by atoms with Gasteiger partial charge in [-0.25, -0.2) is 0 Å². The van der Waals surface area contributed by atoms with Crippen LogP contribution in [-0.4, -0.2) is 60.2 Å². The lowest BCUT2D eigenvalue weighted by molar-refractivity contribution is 0.0372. The molecule has 1 saturated carbocycles. The van der Waals surface area contributed by atoms with Gasteiger partial charge >= 0.3 is 0 Å². The molecule has 4 nitrogen and oxygen atoms in total. The number of hydrogen-bond acceptors (Lipinski definition) is 4. The minimum absolute atomic E-state index is 0.166. The number of aliphatic hydroxyl groups excluding tert-OH is 2. The molecule has 31 heavy (non-hydrogen) atoms. The zero-order chi connectivity index (χ0) is 21.6. The first-order valence-electron chi connectivity index (χ1n) is 12.2. The van der Waals surface area contributed by atoms with Crippen LogP contribution in [0.2, 0.25) is 0 Å². The number of allylic oxidation sites excluding steroid dienone is 2. The molecule has 0 spiro atoms. The maximum absolute atomic E-state index is 10.6. The minimum Gasteiger partial charge on any atom is -0.392 e. The summed E-state index contributed by atoms with van der Waals surface area (Å²) in [4.78, 5) is 2.51. The van der Waals surface area contributed by atoms with Crippen LogP contribution < -0.4 is 0 Å². The number of morpholine rings is 1. The smallest absolute Gasteiger partial charge is 0.0761 e. The third-order valence-electron chi connectivity index (χ3n) is 7.36. The van der Waals surface area contributed by atoms with Gasteiger partial charge in [0.25, 0.3) is 0 Å². The van der Waals surface area contributed by atoms with E-state index in [4.69, 9.17) is 4.74 Å². The summed E-state index contributed by atoms with van der Waals surface area (Å²) in [6, 6.07) is 8.31. The Morgan fingerprint density at radius 1 is 1.23 bits per heavy atom. The van der Waals surface area contributed by atoms with Gasteiger partial charge in [0.15, 0.2) is 0 Å². The van der Waals surface area contributed by atoms with Gasteiger partial charge in [0.1, 0.15) is 0 Å². The Morgan fingerprint density at radius 2 is 2.06 bits per heavy atom. The van der Waals surface area contributed by atoms with Crippen LogP contribution in [0.1, 0.15) is 43.2 Å². The molecule has 2 fully saturated rings. The molecule has 1 aromatic carbocycles. The summed E-state index contributed by atoms with van der Waals surface area (Å²) >= 11 is 0. The van der Waals surface area contributed by atoms with E-state index in [2.05, 4.69) is 42.2 Å². The molecule has 0 aromatic heterocycles. The predicted octanol–water partition coefficient (Wildman–Crippen LogP) is 3.90. The van der Waals surface area contributed by atoms with E-state index in [1.54, 1.807) is 5.57 Å². The van der Waals surface area contributed by atoms with Crippen LogP contribution in [0.4, 0.5) is 0 Å². The Labute approximate surface area is 187 Å². The number of benzene rings is 1. The normalized spacial score (nSPS) is 30.0. The van der Waals surface area contributed by atoms with Crippen molar-refractivity contribution in [1.82, 2.24) is 4.90 Å². The molecule has 1 heterocycles. The fraction of sp³-hybridized carbons (Fsp3) is 0.630. The van der Waals surface area contributed by atoms with Crippen LogP contribution in [0.5, 0.6) is 0 Å². The molecule has 5 atom stereocenters. The van der Waals surface area contributed by atoms with Crippen molar-refractivity contribution >= 4 is 0 Å². The molecule has 1 aromatic rings. The van der Waals surface area contributed by atoms with E-state index in [9.17, 15) is 10.2 Å². The summed E-state index contributed by atoms with van der Waals surface area (Å²) in [5, 5.41) is 21.1. The van der Waals surface area contributed by atoms with E-state index >= 15 is 0 Å². The Bertz CT molecular complexity index is 767. The number of fused-ring (bicyclic) bond motifs is 1. The highest BCUT2D eigenvalue weighted by molar-refractivity contribution is 5.24. The Hall–Kier alpha value is -1.46. The van der Waals surface area contributed by atoms with Gasteiger partial charge in [-0.1, -0.05) is 53.6 Å². The monoisotopic (exact) mass is 425 g/mol. The Kier molecular flexibility index (Phi) is 8.00. The SMILES string of the molecule is Cc1cccc(C[C@@H](O)/C=C/[C@@H]2[C@H]3CC(CCCCN4CCOCC4)=C[C@H]3C[C@H]2O)c1. The van der Waals surface area contributed by atoms with Gasteiger partial charge in [0, 0.05) is 25.4 Å². The van der Waals surface area contributed by atoms with E-state index in [1.165, 1.54) is 31.4 Å². The van der Waals surface area contributed by atoms with Crippen molar-refractivity contribution in [2.24, 2.45) is 17.8 Å². The summed E-state index contributed by atoms with van der Waals surface area (Å²) in [5.41, 5.74) is 3.96. The summed E-state index contributed by atoms with van der Waals surface area (Å²) in [6.07, 6.45) is 12.0. The number of unbranched alkanes of at least 4 members (excludes halogenated alkanes) is 1. The fourth-order valence-electron chi connectivity index (χ4n) is 5.71. The number of nitrogens with zero attached hydrogens (tertiary/aromatic N) is 1. The highest BCUT2D eigenvalue weighted by atomic mass is 16.5. The average molecular weight is 426 g/mol. The zero-order valence-electron chi connectivity index (χ0n) is 19.0. The highest BCUT2D eigenvalue weighted by Gasteiger charge is 2.43. The van der Waals surface area contributed by atoms with E-state index in [-0.39, 0.29) is 12.0 Å². The zero-order valence-corrected chi connectivity index (χ0v) is 19.0. The first-order valence-corrected chi connectivity index (χ1v) is 12.2. The summed E-state index contributed by atoms with van der Waals surface area (Å²) in [5.74, 6) is 1.18. The molecule has 3 aliphatic rings. The van der Waals surface area contributed by atoms with E-state index in [1.807, 2.05) is 12.1 Å². The lowest BCUT2D eigenvalue weighted by Crippen LogP contribution is -2.36. The van der Waals surface area contributed by atoms with Crippen molar-refractivity contribution in [2.45, 2.75) is 57.7 Å². The van der Waals surface area contributed by atoms with E-state index < -0.39 is 6.10 Å². The van der Waals surface area contributed by atoms with Gasteiger partial charge in [0.05, 0.1) is 25.4 Å². The third kappa shape index (κ3) is 6.29. The molecular formula is C27H39NO3. The van der Waals surface area contributed by atoms with Crippen molar-refractivity contribution in [2.75, 3.05) is 32.8 Å². The van der Waals surface area contributed by atoms with Crippen molar-refractivity contribution < 1.29 is 14.9 Å². The number of aliphatic hydroxyl groups is 2. The average Bonchev–Trinajstić information content (AvgIpc) is 3.27. The van der Waals surface area contributed by atoms with Gasteiger partial charge in [0.2, 0.25) is 0 Å². The second-order valence-corrected chi connectivity index (χ2v) is 9.79. The first-order chi connectivity index (χ1) is 15.1. The standard InChI is InChI=1S/C27H39NO3/c1-20-5-4-7-21(15-20)17-24(29)8-9-25-26-18-22(16-23(26)19-27(25)30)6-2-3-10-28-11-13-31-14-12-28/h4-5,7-9,15-16,23-27,29-30H,2-3,6,10-14,17-19H2,1H3/b9-8+/t23-,24-,25+,26-,27+/m0/s1. The van der Waals surface area contributed by atoms with Crippen LogP contribution in [0.15, 0.2) is 48.1 Å². The quantitative estimate of drug-likeness (QED) is 0.465. The van der Waals surface area contributed by atoms with Crippen molar-refractivity contribution in [3.8, 4) is 0 Å². The maximum Gasteiger partial charge on any atom is 0.0761 e. The van der Waals surface area contributed by atoms with E-state index in [0.717, 1.165) is 44.7 Å². The lowest BCUT2D eigenvalue weighted by Gasteiger charge is -2.26. The Balaban J connectivity index is 1.22. The molecular weight excluding hydrogens is 386 g/mol. The van der Waals surface area contributed by atoms with Crippen molar-refractivity contribution in [3.05, 3.63) is 59.2 Å². The van der Waals surface area contributed by atoms with Crippen LogP contribution in [-0.2, 0) is 11.2 Å². The molecule has 2 aliphatic carbocycles. The van der Waals surface area contributed by atoms with Gasteiger partial charge < -0.3 is 14.9 Å². The van der Waals surface area contributed by atoms with Crippen LogP contribution in [0, 0.1) is 24.7 Å². The molecule has 4 heteroatoms. The largest absolute Gasteiger partial charge is 0.392 e. The van der Waals surface area contributed by atoms with Crippen LogP contribution in [0.25, 0.3) is 0 Å². The summed E-state index contributed by atoms with van der Waals surface area (Å²) in [7, 11) is 0. The molecule has 2 N–H and O–H groups in total. The molecule has 1 saturated heterocycles. The number of ether oxygens (including phenoxy) is 1. The number of rotatable bonds is 9. The fourth-order valence-corrected chi connectivity index (χ4v) is 5.71. The lowest BCUT2D eigenvalue weighted by atomic mass is 9.88. The molecule has 0 unspecified atom stereocenters. The van der Waals surface area contributed by atoms with Crippen molar-refractivity contribution in [1.29, 1.82) is 0 Å². The van der Waals surface area contributed by atoms with Crippen LogP contribution in [0.3, 0.4) is 0 Å². The second kappa shape index (κ2) is 10.9. The second-order valence-electron chi connectivity index (χ2n) is 9.79. The summed E-state index contributed by atoms with van der Waals surface area (Å²) < 4.78 is 5.42. The number of aryl methyl sites for hydroxylation is 1. The van der Waals surface area contributed by atoms with Gasteiger partial charge in [-0.3, -0.25) is 4.90 Å². The number of hydrogen-bond donors (Lipinski definition) is 2. The van der Waals surface area contributed by atoms with Gasteiger partial charge in [-0.2, -0.15) is 0 Å². The topological polar surface area (TPSA) is 52.9 Å². The van der Waals surface area contributed by atoms with Crippen LogP contribution >= 0.6 is 0 Å². The summed E-state index contributed by atoms with van der Waals surface area (Å²) in [6.45, 7) is 7.18. The predicted molar refractivity (Wildman–Crippen MR) is 125 cm³/mol. The molecule has 4 rings (SSSR count). The van der Waals surface area contributed by atoms with Crippen molar-refractivity contribution in [3.63, 3.8) is 0 Å². The van der Waals surface area contributed by atoms with E-state index in [0.29, 0.717) is 18.3 Å². The molecule has 1 aliphatic heterocycles. The van der Waals surface area contributed by atoms with Gasteiger partial charge in [-0.15, -0.1) is 0 Å². The molecule has 170 valence electrons. The maximum atomic E-state index is 10.6. The molecule has 0 amide bonds. The van der Waals surface area contributed by atoms with Gasteiger partial charge in [-0.05, 0) is 63.0 Å². The molecule has 0 radical (unpaired) electrons. The highest BCUT2D eigenvalue weighted by Crippen LogP contribution is 2.48. The minimum atomic E-state index is -0.498. The Morgan fingerprint density at radius 3 is 2.87 bits per heavy atom. The molecule has 0 bridgehead atoms.